The maximum atomic E-state index is 5.68. The van der Waals surface area contributed by atoms with Gasteiger partial charge in [-0.25, -0.2) is 0 Å². The van der Waals surface area contributed by atoms with Gasteiger partial charge in [0.1, 0.15) is 5.75 Å². The summed E-state index contributed by atoms with van der Waals surface area (Å²) in [6.07, 6.45) is 2.54. The molecule has 0 radical (unpaired) electrons. The van der Waals surface area contributed by atoms with Crippen molar-refractivity contribution >= 4 is 0 Å². The van der Waals surface area contributed by atoms with Crippen LogP contribution in [-0.4, -0.2) is 20.7 Å². The van der Waals surface area contributed by atoms with Gasteiger partial charge in [-0.1, -0.05) is 6.07 Å². The van der Waals surface area contributed by atoms with Crippen LogP contribution in [0.15, 0.2) is 6.07 Å². The summed E-state index contributed by atoms with van der Waals surface area (Å²) in [6, 6.07) is 2.29. The van der Waals surface area contributed by atoms with E-state index in [0.717, 1.165) is 12.3 Å². The lowest BCUT2D eigenvalue weighted by atomic mass is 9.87. The van der Waals surface area contributed by atoms with Crippen LogP contribution in [0.5, 0.6) is 5.75 Å². The Hall–Kier alpha value is -1.02. The molecule has 1 saturated carbocycles. The third-order valence-corrected chi connectivity index (χ3v) is 4.09. The molecule has 1 aromatic rings. The second-order valence-electron chi connectivity index (χ2n) is 5.35. The Morgan fingerprint density at radius 2 is 1.88 bits per heavy atom. The highest BCUT2D eigenvalue weighted by atomic mass is 16.5. The summed E-state index contributed by atoms with van der Waals surface area (Å²) in [7, 11) is 3.82. The predicted octanol–water partition coefficient (Wildman–Crippen LogP) is 2.87. The van der Waals surface area contributed by atoms with Gasteiger partial charge in [0.05, 0.1) is 7.11 Å². The number of hydrogen-bond acceptors (Lipinski definition) is 2. The highest BCUT2D eigenvalue weighted by Crippen LogP contribution is 2.53. The Morgan fingerprint density at radius 1 is 1.24 bits per heavy atom. The molecule has 0 saturated heterocycles. The molecule has 1 N–H and O–H groups in total. The molecule has 94 valence electrons. The molecule has 0 aromatic heterocycles. The lowest BCUT2D eigenvalue weighted by molar-refractivity contribution is 0.398. The molecular formula is C15H23NO. The van der Waals surface area contributed by atoms with Crippen LogP contribution in [0.4, 0.5) is 0 Å². The number of likely N-dealkylation sites (N-methyl/N-ethyl adjacent to an activating group) is 1. The number of methoxy groups -OCH3 is 1. The van der Waals surface area contributed by atoms with Crippen LogP contribution < -0.4 is 10.1 Å². The molecule has 2 rings (SSSR count). The quantitative estimate of drug-likeness (QED) is 0.863. The fourth-order valence-corrected chi connectivity index (χ4v) is 2.97. The minimum absolute atomic E-state index is 0.322. The molecule has 0 spiro atoms. The van der Waals surface area contributed by atoms with Crippen molar-refractivity contribution in [3.8, 4) is 5.75 Å². The van der Waals surface area contributed by atoms with E-state index in [1.165, 1.54) is 35.1 Å². The van der Waals surface area contributed by atoms with Crippen LogP contribution in [0.3, 0.4) is 0 Å². The second kappa shape index (κ2) is 4.34. The summed E-state index contributed by atoms with van der Waals surface area (Å²) in [5.74, 6) is 1.11. The Morgan fingerprint density at radius 3 is 2.35 bits per heavy atom. The van der Waals surface area contributed by atoms with Gasteiger partial charge in [0, 0.05) is 17.5 Å². The van der Waals surface area contributed by atoms with Crippen molar-refractivity contribution in [2.75, 3.05) is 20.7 Å². The van der Waals surface area contributed by atoms with E-state index in [9.17, 15) is 0 Å². The summed E-state index contributed by atoms with van der Waals surface area (Å²) >= 11 is 0. The van der Waals surface area contributed by atoms with Crippen LogP contribution >= 0.6 is 0 Å². The average molecular weight is 233 g/mol. The molecule has 17 heavy (non-hydrogen) atoms. The first kappa shape index (κ1) is 12.4. The van der Waals surface area contributed by atoms with E-state index in [-0.39, 0.29) is 0 Å². The molecule has 1 aliphatic carbocycles. The van der Waals surface area contributed by atoms with Gasteiger partial charge in [-0.05, 0) is 57.4 Å². The summed E-state index contributed by atoms with van der Waals surface area (Å²) < 4.78 is 5.68. The molecule has 0 amide bonds. The predicted molar refractivity (Wildman–Crippen MR) is 72.0 cm³/mol. The zero-order valence-electron chi connectivity index (χ0n) is 11.6. The Balaban J connectivity index is 2.57. The van der Waals surface area contributed by atoms with Crippen molar-refractivity contribution in [2.24, 2.45) is 0 Å². The van der Waals surface area contributed by atoms with Gasteiger partial charge in [-0.2, -0.15) is 0 Å². The summed E-state index contributed by atoms with van der Waals surface area (Å²) in [5, 5.41) is 3.33. The largest absolute Gasteiger partial charge is 0.496 e. The minimum Gasteiger partial charge on any atom is -0.496 e. The number of hydrogen-bond donors (Lipinski definition) is 1. The van der Waals surface area contributed by atoms with Crippen molar-refractivity contribution in [3.05, 3.63) is 28.3 Å². The smallest absolute Gasteiger partial charge is 0.126 e. The summed E-state index contributed by atoms with van der Waals surface area (Å²) in [5.41, 5.74) is 5.73. The number of rotatable bonds is 4. The molecule has 1 fully saturated rings. The summed E-state index contributed by atoms with van der Waals surface area (Å²) in [6.45, 7) is 7.57. The third kappa shape index (κ3) is 1.95. The normalized spacial score (nSPS) is 17.0. The van der Waals surface area contributed by atoms with E-state index in [1.54, 1.807) is 7.11 Å². The standard InChI is InChI=1S/C15H23NO/c1-10-8-11(2)13(14(17-5)12(10)3)15(6-7-15)9-16-4/h8,16H,6-7,9H2,1-5H3. The maximum absolute atomic E-state index is 5.68. The summed E-state index contributed by atoms with van der Waals surface area (Å²) in [4.78, 5) is 0. The van der Waals surface area contributed by atoms with Crippen molar-refractivity contribution in [2.45, 2.75) is 39.0 Å². The molecule has 0 unspecified atom stereocenters. The van der Waals surface area contributed by atoms with Crippen molar-refractivity contribution in [1.82, 2.24) is 5.32 Å². The Kier molecular flexibility index (Phi) is 3.17. The third-order valence-electron chi connectivity index (χ3n) is 4.09. The monoisotopic (exact) mass is 233 g/mol. The molecular weight excluding hydrogens is 210 g/mol. The lowest BCUT2D eigenvalue weighted by Gasteiger charge is -2.23. The molecule has 0 heterocycles. The van der Waals surface area contributed by atoms with Crippen LogP contribution in [-0.2, 0) is 5.41 Å². The fraction of sp³-hybridized carbons (Fsp3) is 0.600. The van der Waals surface area contributed by atoms with Gasteiger partial charge in [0.15, 0.2) is 0 Å². The fourth-order valence-electron chi connectivity index (χ4n) is 2.97. The van der Waals surface area contributed by atoms with Crippen LogP contribution in [0.25, 0.3) is 0 Å². The van der Waals surface area contributed by atoms with Crippen LogP contribution in [0.2, 0.25) is 0 Å². The van der Waals surface area contributed by atoms with Crippen molar-refractivity contribution in [1.29, 1.82) is 0 Å². The first-order valence-electron chi connectivity index (χ1n) is 6.35. The zero-order chi connectivity index (χ0) is 12.6. The van der Waals surface area contributed by atoms with Crippen molar-refractivity contribution < 1.29 is 4.74 Å². The molecule has 2 nitrogen and oxygen atoms in total. The molecule has 2 heteroatoms. The number of nitrogens with one attached hydrogen (secondary N) is 1. The SMILES string of the molecule is CNCC1(c2c(C)cc(C)c(C)c2OC)CC1. The zero-order valence-corrected chi connectivity index (χ0v) is 11.6. The van der Waals surface area contributed by atoms with Crippen LogP contribution in [0.1, 0.15) is 35.1 Å². The molecule has 1 aliphatic rings. The van der Waals surface area contributed by atoms with Crippen LogP contribution in [0, 0.1) is 20.8 Å². The van der Waals surface area contributed by atoms with E-state index >= 15 is 0 Å². The maximum Gasteiger partial charge on any atom is 0.126 e. The number of aryl methyl sites for hydroxylation is 2. The van der Waals surface area contributed by atoms with E-state index in [4.69, 9.17) is 4.74 Å². The average Bonchev–Trinajstić information content (AvgIpc) is 3.04. The van der Waals surface area contributed by atoms with E-state index < -0.39 is 0 Å². The first-order valence-corrected chi connectivity index (χ1v) is 6.35. The van der Waals surface area contributed by atoms with Gasteiger partial charge < -0.3 is 10.1 Å². The second-order valence-corrected chi connectivity index (χ2v) is 5.35. The van der Waals surface area contributed by atoms with E-state index in [2.05, 4.69) is 32.2 Å². The highest BCUT2D eigenvalue weighted by molar-refractivity contribution is 5.55. The van der Waals surface area contributed by atoms with Gasteiger partial charge in [-0.15, -0.1) is 0 Å². The van der Waals surface area contributed by atoms with Crippen molar-refractivity contribution in [3.63, 3.8) is 0 Å². The van der Waals surface area contributed by atoms with E-state index in [0.29, 0.717) is 5.41 Å². The van der Waals surface area contributed by atoms with E-state index in [1.807, 2.05) is 7.05 Å². The lowest BCUT2D eigenvalue weighted by Crippen LogP contribution is -2.25. The number of ether oxygens (including phenoxy) is 1. The highest BCUT2D eigenvalue weighted by Gasteiger charge is 2.46. The number of benzene rings is 1. The Bertz CT molecular complexity index is 433. The van der Waals surface area contributed by atoms with Gasteiger partial charge >= 0.3 is 0 Å². The Labute approximate surface area is 104 Å². The van der Waals surface area contributed by atoms with Gasteiger partial charge in [0.25, 0.3) is 0 Å². The first-order chi connectivity index (χ1) is 8.05. The molecule has 0 aliphatic heterocycles. The topological polar surface area (TPSA) is 21.3 Å². The van der Waals surface area contributed by atoms with Gasteiger partial charge in [-0.3, -0.25) is 0 Å². The van der Waals surface area contributed by atoms with Gasteiger partial charge in [0.2, 0.25) is 0 Å². The molecule has 0 atom stereocenters. The molecule has 1 aromatic carbocycles. The molecule has 0 bridgehead atoms. The minimum atomic E-state index is 0.322.